The number of nitrogens with zero attached hydrogens (tertiary/aromatic N) is 2. The summed E-state index contributed by atoms with van der Waals surface area (Å²) in [5.74, 6) is -1.57. The van der Waals surface area contributed by atoms with Crippen LogP contribution in [0, 0.1) is 6.92 Å². The molecule has 0 radical (unpaired) electrons. The molecule has 0 spiro atoms. The maximum Gasteiger partial charge on any atom is 0.416 e. The Bertz CT molecular complexity index is 1250. The van der Waals surface area contributed by atoms with Crippen LogP contribution in [-0.2, 0) is 30.2 Å². The molecule has 0 N–H and O–H groups in total. The molecule has 39 heavy (non-hydrogen) atoms. The maximum atomic E-state index is 13.6. The highest BCUT2D eigenvalue weighted by Gasteiger charge is 2.38. The number of carbonyl (C=O) groups excluding carboxylic acids is 2. The van der Waals surface area contributed by atoms with Gasteiger partial charge in [0.1, 0.15) is 6.54 Å². The molecule has 3 rings (SSSR count). The van der Waals surface area contributed by atoms with Crippen LogP contribution in [0.2, 0.25) is 0 Å². The van der Waals surface area contributed by atoms with E-state index in [9.17, 15) is 35.9 Å². The Labute approximate surface area is 226 Å². The van der Waals surface area contributed by atoms with Gasteiger partial charge >= 0.3 is 12.4 Å². The SMILES string of the molecule is CCC(C)N(CC(=O)N(Cc1ccccc1)Cc1sccc1C)C(=O)c1cc(C(F)(F)F)cc(C(F)(F)F)c1. The van der Waals surface area contributed by atoms with Crippen molar-refractivity contribution in [3.05, 3.63) is 92.7 Å². The first-order valence-electron chi connectivity index (χ1n) is 12.2. The summed E-state index contributed by atoms with van der Waals surface area (Å²) in [4.78, 5) is 30.5. The summed E-state index contributed by atoms with van der Waals surface area (Å²) in [6.45, 7) is 5.14. The topological polar surface area (TPSA) is 40.6 Å². The summed E-state index contributed by atoms with van der Waals surface area (Å²) < 4.78 is 80.5. The molecule has 0 saturated carbocycles. The van der Waals surface area contributed by atoms with Gasteiger partial charge in [0, 0.05) is 23.0 Å². The zero-order chi connectivity index (χ0) is 29.0. The molecule has 1 atom stereocenters. The highest BCUT2D eigenvalue weighted by atomic mass is 32.1. The molecule has 2 amide bonds. The van der Waals surface area contributed by atoms with E-state index in [4.69, 9.17) is 0 Å². The standard InChI is InChI=1S/C28H28F6N2O2S/c1-4-19(3)36(26(38)21-12-22(27(29,30)31)14-23(13-21)28(32,33)34)17-25(37)35(15-20-8-6-5-7-9-20)16-24-18(2)10-11-39-24/h5-14,19H,4,15-17H2,1-3H3. The van der Waals surface area contributed by atoms with Crippen LogP contribution in [0.5, 0.6) is 0 Å². The number of benzene rings is 2. The van der Waals surface area contributed by atoms with Crippen molar-refractivity contribution in [3.8, 4) is 0 Å². The number of hydrogen-bond donors (Lipinski definition) is 0. The molecule has 1 heterocycles. The van der Waals surface area contributed by atoms with Crippen LogP contribution in [0.15, 0.2) is 60.0 Å². The van der Waals surface area contributed by atoms with Crippen molar-refractivity contribution in [3.63, 3.8) is 0 Å². The van der Waals surface area contributed by atoms with Gasteiger partial charge in [-0.1, -0.05) is 37.3 Å². The third-order valence-electron chi connectivity index (χ3n) is 6.40. The maximum absolute atomic E-state index is 13.6. The zero-order valence-electron chi connectivity index (χ0n) is 21.6. The Morgan fingerprint density at radius 1 is 0.897 bits per heavy atom. The summed E-state index contributed by atoms with van der Waals surface area (Å²) >= 11 is 1.46. The first kappa shape index (κ1) is 30.2. The van der Waals surface area contributed by atoms with E-state index in [0.29, 0.717) is 18.6 Å². The van der Waals surface area contributed by atoms with Gasteiger partial charge in [-0.2, -0.15) is 26.3 Å². The second-order valence-electron chi connectivity index (χ2n) is 9.25. The molecule has 0 fully saturated rings. The van der Waals surface area contributed by atoms with Crippen molar-refractivity contribution >= 4 is 23.2 Å². The van der Waals surface area contributed by atoms with Crippen LogP contribution in [0.4, 0.5) is 26.3 Å². The zero-order valence-corrected chi connectivity index (χ0v) is 22.4. The second-order valence-corrected chi connectivity index (χ2v) is 10.2. The van der Waals surface area contributed by atoms with Crippen LogP contribution in [0.3, 0.4) is 0 Å². The molecule has 0 aliphatic heterocycles. The summed E-state index contributed by atoms with van der Waals surface area (Å²) in [6.07, 6.45) is -9.87. The molecule has 210 valence electrons. The molecule has 2 aromatic carbocycles. The second kappa shape index (κ2) is 12.2. The number of halogens is 6. The lowest BCUT2D eigenvalue weighted by Gasteiger charge is -2.32. The molecular formula is C28H28F6N2O2S. The van der Waals surface area contributed by atoms with Crippen molar-refractivity contribution in [2.45, 2.75) is 58.7 Å². The number of hydrogen-bond acceptors (Lipinski definition) is 3. The molecule has 11 heteroatoms. The van der Waals surface area contributed by atoms with Crippen molar-refractivity contribution < 1.29 is 35.9 Å². The highest BCUT2D eigenvalue weighted by molar-refractivity contribution is 7.10. The molecule has 3 aromatic rings. The number of thiophene rings is 1. The van der Waals surface area contributed by atoms with E-state index in [0.717, 1.165) is 20.9 Å². The van der Waals surface area contributed by atoms with E-state index < -0.39 is 53.4 Å². The van der Waals surface area contributed by atoms with Gasteiger partial charge in [-0.05, 0) is 61.0 Å². The van der Waals surface area contributed by atoms with E-state index >= 15 is 0 Å². The smallest absolute Gasteiger partial charge is 0.332 e. The van der Waals surface area contributed by atoms with E-state index in [1.165, 1.54) is 16.2 Å². The number of carbonyl (C=O) groups is 2. The minimum Gasteiger partial charge on any atom is -0.332 e. The minimum absolute atomic E-state index is 0.0273. The Balaban J connectivity index is 1.97. The molecular weight excluding hydrogens is 542 g/mol. The van der Waals surface area contributed by atoms with Crippen molar-refractivity contribution in [1.29, 1.82) is 0 Å². The van der Waals surface area contributed by atoms with E-state index in [1.54, 1.807) is 13.8 Å². The fraction of sp³-hybridized carbons (Fsp3) is 0.357. The molecule has 0 saturated heterocycles. The fourth-order valence-corrected chi connectivity index (χ4v) is 4.83. The Morgan fingerprint density at radius 2 is 1.49 bits per heavy atom. The number of alkyl halides is 6. The summed E-state index contributed by atoms with van der Waals surface area (Å²) in [5, 5.41) is 1.89. The van der Waals surface area contributed by atoms with Crippen LogP contribution in [0.1, 0.15) is 57.8 Å². The predicted octanol–water partition coefficient (Wildman–Crippen LogP) is 7.56. The monoisotopic (exact) mass is 570 g/mol. The summed E-state index contributed by atoms with van der Waals surface area (Å²) in [6, 6.07) is 11.2. The largest absolute Gasteiger partial charge is 0.416 e. The average Bonchev–Trinajstić information content (AvgIpc) is 3.29. The van der Waals surface area contributed by atoms with Gasteiger partial charge in [0.05, 0.1) is 17.7 Å². The van der Waals surface area contributed by atoms with Crippen molar-refractivity contribution in [2.24, 2.45) is 0 Å². The molecule has 0 bridgehead atoms. The Morgan fingerprint density at radius 3 is 1.97 bits per heavy atom. The third-order valence-corrected chi connectivity index (χ3v) is 7.40. The van der Waals surface area contributed by atoms with Crippen LogP contribution in [-0.4, -0.2) is 34.2 Å². The summed E-state index contributed by atoms with van der Waals surface area (Å²) in [5.41, 5.74) is -2.16. The van der Waals surface area contributed by atoms with Crippen LogP contribution < -0.4 is 0 Å². The molecule has 0 aliphatic rings. The third kappa shape index (κ3) is 7.84. The lowest BCUT2D eigenvalue weighted by molar-refractivity contribution is -0.143. The number of rotatable bonds is 9. The number of amides is 2. The van der Waals surface area contributed by atoms with Gasteiger partial charge in [0.2, 0.25) is 5.91 Å². The lowest BCUT2D eigenvalue weighted by atomic mass is 10.0. The Hall–Kier alpha value is -3.34. The van der Waals surface area contributed by atoms with Gasteiger partial charge in [-0.3, -0.25) is 9.59 Å². The quantitative estimate of drug-likeness (QED) is 0.249. The average molecular weight is 571 g/mol. The molecule has 1 aromatic heterocycles. The summed E-state index contributed by atoms with van der Waals surface area (Å²) in [7, 11) is 0. The van der Waals surface area contributed by atoms with E-state index in [2.05, 4.69) is 0 Å². The highest BCUT2D eigenvalue weighted by Crippen LogP contribution is 2.36. The minimum atomic E-state index is -5.10. The normalized spacial score (nSPS) is 12.7. The lowest BCUT2D eigenvalue weighted by Crippen LogP contribution is -2.46. The van der Waals surface area contributed by atoms with E-state index in [1.807, 2.05) is 48.7 Å². The van der Waals surface area contributed by atoms with Gasteiger partial charge in [-0.25, -0.2) is 0 Å². The predicted molar refractivity (Wildman–Crippen MR) is 137 cm³/mol. The van der Waals surface area contributed by atoms with Gasteiger partial charge in [0.25, 0.3) is 5.91 Å². The van der Waals surface area contributed by atoms with E-state index in [-0.39, 0.29) is 19.2 Å². The first-order chi connectivity index (χ1) is 18.2. The molecule has 4 nitrogen and oxygen atoms in total. The molecule has 0 aliphatic carbocycles. The fourth-order valence-electron chi connectivity index (χ4n) is 3.91. The molecule has 1 unspecified atom stereocenters. The Kier molecular flexibility index (Phi) is 9.47. The van der Waals surface area contributed by atoms with Gasteiger partial charge < -0.3 is 9.80 Å². The van der Waals surface area contributed by atoms with Crippen molar-refractivity contribution in [2.75, 3.05) is 6.54 Å². The van der Waals surface area contributed by atoms with Crippen LogP contribution in [0.25, 0.3) is 0 Å². The van der Waals surface area contributed by atoms with Gasteiger partial charge in [0.15, 0.2) is 0 Å². The van der Waals surface area contributed by atoms with Crippen LogP contribution >= 0.6 is 11.3 Å². The first-order valence-corrected chi connectivity index (χ1v) is 13.0. The number of aryl methyl sites for hydroxylation is 1. The van der Waals surface area contributed by atoms with Gasteiger partial charge in [-0.15, -0.1) is 11.3 Å². The van der Waals surface area contributed by atoms with Crippen molar-refractivity contribution in [1.82, 2.24) is 9.80 Å².